The fourth-order valence-corrected chi connectivity index (χ4v) is 3.56. The van der Waals surface area contributed by atoms with Gasteiger partial charge >= 0.3 is 0 Å². The molecule has 0 saturated carbocycles. The van der Waals surface area contributed by atoms with Gasteiger partial charge in [-0.25, -0.2) is 4.39 Å². The summed E-state index contributed by atoms with van der Waals surface area (Å²) in [6, 6.07) is 4.71. The minimum Gasteiger partial charge on any atom is -0.486 e. The maximum Gasteiger partial charge on any atom is 0.217 e. The fraction of sp³-hybridized carbons (Fsp3) is 0.556. The largest absolute Gasteiger partial charge is 0.486 e. The number of aldehydes is 1. The van der Waals surface area contributed by atoms with Crippen molar-refractivity contribution in [1.82, 2.24) is 10.6 Å². The van der Waals surface area contributed by atoms with Gasteiger partial charge in [-0.05, 0) is 43.5 Å². The smallest absolute Gasteiger partial charge is 0.217 e. The molecule has 1 rings (SSSR count). The standard InChI is InChI=1S/C27H41FN2O3/c1-3-4-18-29-19-12-14-21-33-27-17-16-24(22-25(27)28)26(30-23(2)32)15-11-9-7-5-6-8-10-13-20-31/h3,12,14,16-17,20,22,26,29H,1,4-11,13,15,18-19,21H2,2H3,(H,30,32). The molecule has 0 saturated heterocycles. The molecular weight excluding hydrogens is 419 g/mol. The van der Waals surface area contributed by atoms with Gasteiger partial charge in [0.15, 0.2) is 11.6 Å². The van der Waals surface area contributed by atoms with Crippen LogP contribution < -0.4 is 15.4 Å². The van der Waals surface area contributed by atoms with E-state index in [9.17, 15) is 14.0 Å². The summed E-state index contributed by atoms with van der Waals surface area (Å²) in [6.45, 7) is 7.07. The average Bonchev–Trinajstić information content (AvgIpc) is 2.79. The average molecular weight is 461 g/mol. The highest BCUT2D eigenvalue weighted by molar-refractivity contribution is 5.73. The van der Waals surface area contributed by atoms with Gasteiger partial charge in [-0.1, -0.05) is 62.8 Å². The lowest BCUT2D eigenvalue weighted by molar-refractivity contribution is -0.119. The van der Waals surface area contributed by atoms with Crippen LogP contribution in [0, 0.1) is 5.82 Å². The molecule has 1 aromatic carbocycles. The van der Waals surface area contributed by atoms with Crippen LogP contribution in [0.1, 0.15) is 82.7 Å². The van der Waals surface area contributed by atoms with Crippen LogP contribution >= 0.6 is 0 Å². The molecule has 0 fully saturated rings. The van der Waals surface area contributed by atoms with Crippen molar-refractivity contribution in [3.63, 3.8) is 0 Å². The van der Waals surface area contributed by atoms with Crippen molar-refractivity contribution in [2.45, 2.75) is 77.2 Å². The van der Waals surface area contributed by atoms with Gasteiger partial charge in [0.2, 0.25) is 5.91 Å². The molecule has 1 atom stereocenters. The third-order valence-electron chi connectivity index (χ3n) is 5.34. The minimum absolute atomic E-state index is 0.122. The van der Waals surface area contributed by atoms with Gasteiger partial charge < -0.3 is 20.2 Å². The number of carbonyl (C=O) groups excluding carboxylic acids is 2. The number of amides is 1. The highest BCUT2D eigenvalue weighted by Crippen LogP contribution is 2.26. The third-order valence-corrected chi connectivity index (χ3v) is 5.34. The molecule has 0 aliphatic heterocycles. The zero-order chi connectivity index (χ0) is 24.2. The quantitative estimate of drug-likeness (QED) is 0.146. The number of ether oxygens (including phenoxy) is 1. The molecule has 0 aliphatic rings. The van der Waals surface area contributed by atoms with Crippen molar-refractivity contribution in [1.29, 1.82) is 0 Å². The number of hydrogen-bond donors (Lipinski definition) is 2. The van der Waals surface area contributed by atoms with Crippen LogP contribution in [0.5, 0.6) is 5.75 Å². The first kappa shape index (κ1) is 28.6. The van der Waals surface area contributed by atoms with E-state index in [2.05, 4.69) is 17.2 Å². The summed E-state index contributed by atoms with van der Waals surface area (Å²) in [7, 11) is 0. The van der Waals surface area contributed by atoms with Gasteiger partial charge in [0.05, 0.1) is 6.04 Å². The van der Waals surface area contributed by atoms with Crippen LogP contribution in [-0.2, 0) is 9.59 Å². The first-order valence-electron chi connectivity index (χ1n) is 12.2. The van der Waals surface area contributed by atoms with E-state index in [1.54, 1.807) is 6.07 Å². The number of benzene rings is 1. The Bertz CT molecular complexity index is 721. The second kappa shape index (κ2) is 19.0. The Kier molecular flexibility index (Phi) is 16.5. The third kappa shape index (κ3) is 14.3. The van der Waals surface area contributed by atoms with Crippen LogP contribution in [0.15, 0.2) is 43.0 Å². The Morgan fingerprint density at radius 2 is 1.82 bits per heavy atom. The first-order chi connectivity index (χ1) is 16.1. The van der Waals surface area contributed by atoms with Gasteiger partial charge in [-0.15, -0.1) is 6.58 Å². The molecule has 184 valence electrons. The Balaban J connectivity index is 2.44. The van der Waals surface area contributed by atoms with E-state index in [0.717, 1.165) is 82.7 Å². The second-order valence-electron chi connectivity index (χ2n) is 8.23. The predicted octanol–water partition coefficient (Wildman–Crippen LogP) is 5.81. The number of halogens is 1. The van der Waals surface area contributed by atoms with Gasteiger partial charge in [0, 0.05) is 19.9 Å². The molecule has 6 heteroatoms. The highest BCUT2D eigenvalue weighted by Gasteiger charge is 2.15. The molecule has 0 heterocycles. The molecule has 1 aromatic rings. The van der Waals surface area contributed by atoms with Gasteiger partial charge in [0.1, 0.15) is 12.9 Å². The van der Waals surface area contributed by atoms with Crippen molar-refractivity contribution < 1.29 is 18.7 Å². The molecule has 33 heavy (non-hydrogen) atoms. The molecule has 0 radical (unpaired) electrons. The van der Waals surface area contributed by atoms with E-state index in [1.807, 2.05) is 24.3 Å². The zero-order valence-corrected chi connectivity index (χ0v) is 20.1. The van der Waals surface area contributed by atoms with Crippen molar-refractivity contribution in [3.8, 4) is 5.75 Å². The molecule has 0 bridgehead atoms. The zero-order valence-electron chi connectivity index (χ0n) is 20.1. The lowest BCUT2D eigenvalue weighted by Crippen LogP contribution is -2.26. The number of rotatable bonds is 20. The monoisotopic (exact) mass is 460 g/mol. The van der Waals surface area contributed by atoms with Crippen LogP contribution in [-0.4, -0.2) is 31.9 Å². The number of hydrogen-bond acceptors (Lipinski definition) is 4. The van der Waals surface area contributed by atoms with Gasteiger partial charge in [0.25, 0.3) is 0 Å². The van der Waals surface area contributed by atoms with Gasteiger partial charge in [-0.2, -0.15) is 0 Å². The number of nitrogens with one attached hydrogen (secondary N) is 2. The molecular formula is C27H41FN2O3. The lowest BCUT2D eigenvalue weighted by Gasteiger charge is -2.19. The van der Waals surface area contributed by atoms with E-state index < -0.39 is 5.82 Å². The van der Waals surface area contributed by atoms with E-state index in [0.29, 0.717) is 13.0 Å². The normalized spacial score (nSPS) is 11.9. The molecule has 2 N–H and O–H groups in total. The summed E-state index contributed by atoms with van der Waals surface area (Å²) in [4.78, 5) is 22.0. The summed E-state index contributed by atoms with van der Waals surface area (Å²) in [5.74, 6) is -0.336. The lowest BCUT2D eigenvalue weighted by atomic mass is 9.99. The van der Waals surface area contributed by atoms with E-state index >= 15 is 0 Å². The maximum atomic E-state index is 14.6. The van der Waals surface area contributed by atoms with E-state index in [-0.39, 0.29) is 17.7 Å². The van der Waals surface area contributed by atoms with Crippen molar-refractivity contribution in [2.75, 3.05) is 19.7 Å². The van der Waals surface area contributed by atoms with Crippen LogP contribution in [0.25, 0.3) is 0 Å². The molecule has 0 aliphatic carbocycles. The topological polar surface area (TPSA) is 67.4 Å². The maximum absolute atomic E-state index is 14.6. The summed E-state index contributed by atoms with van der Waals surface area (Å²) in [6.07, 6.45) is 16.5. The van der Waals surface area contributed by atoms with Gasteiger partial charge in [-0.3, -0.25) is 4.79 Å². The van der Waals surface area contributed by atoms with Crippen LogP contribution in [0.4, 0.5) is 4.39 Å². The first-order valence-corrected chi connectivity index (χ1v) is 12.2. The number of carbonyl (C=O) groups is 2. The highest BCUT2D eigenvalue weighted by atomic mass is 19.1. The van der Waals surface area contributed by atoms with Crippen molar-refractivity contribution in [2.24, 2.45) is 0 Å². The van der Waals surface area contributed by atoms with Crippen LogP contribution in [0.2, 0.25) is 0 Å². The fourth-order valence-electron chi connectivity index (χ4n) is 3.56. The Hall–Kier alpha value is -2.47. The summed E-state index contributed by atoms with van der Waals surface area (Å²) in [5, 5.41) is 6.18. The summed E-state index contributed by atoms with van der Waals surface area (Å²) < 4.78 is 20.1. The van der Waals surface area contributed by atoms with E-state index in [4.69, 9.17) is 4.74 Å². The van der Waals surface area contributed by atoms with E-state index in [1.165, 1.54) is 13.0 Å². The summed E-state index contributed by atoms with van der Waals surface area (Å²) in [5.41, 5.74) is 0.755. The summed E-state index contributed by atoms with van der Waals surface area (Å²) >= 11 is 0. The molecule has 0 spiro atoms. The number of unbranched alkanes of at least 4 members (excludes halogenated alkanes) is 7. The SMILES string of the molecule is C=CCCNCC=CCOc1ccc(C(CCCCCCCCCC=O)NC(C)=O)cc1F. The molecule has 5 nitrogen and oxygen atoms in total. The van der Waals surface area contributed by atoms with Crippen molar-refractivity contribution in [3.05, 3.63) is 54.4 Å². The molecule has 1 amide bonds. The van der Waals surface area contributed by atoms with Crippen molar-refractivity contribution >= 4 is 12.2 Å². The Morgan fingerprint density at radius 1 is 1.09 bits per heavy atom. The predicted molar refractivity (Wildman–Crippen MR) is 133 cm³/mol. The Morgan fingerprint density at radius 3 is 2.48 bits per heavy atom. The molecule has 0 aromatic heterocycles. The second-order valence-corrected chi connectivity index (χ2v) is 8.23. The minimum atomic E-state index is -0.421. The Labute approximate surface area is 198 Å². The van der Waals surface area contributed by atoms with Crippen LogP contribution in [0.3, 0.4) is 0 Å². The molecule has 1 unspecified atom stereocenters.